The lowest BCUT2D eigenvalue weighted by Gasteiger charge is -2.33. The molecule has 0 N–H and O–H groups in total. The Hall–Kier alpha value is -0.620. The summed E-state index contributed by atoms with van der Waals surface area (Å²) in [7, 11) is -3.11. The highest BCUT2D eigenvalue weighted by atomic mass is 32.2. The first-order valence-corrected chi connectivity index (χ1v) is 10.0. The zero-order valence-corrected chi connectivity index (χ0v) is 13.9. The molecule has 0 atom stereocenters. The Morgan fingerprint density at radius 3 is 2.24 bits per heavy atom. The van der Waals surface area contributed by atoms with Gasteiger partial charge in [0.2, 0.25) is 15.9 Å². The molecule has 1 saturated carbocycles. The molecule has 2 aliphatic rings. The summed E-state index contributed by atoms with van der Waals surface area (Å²) in [5.41, 5.74) is 0. The van der Waals surface area contributed by atoms with E-state index in [1.807, 2.05) is 4.90 Å². The van der Waals surface area contributed by atoms with Crippen molar-refractivity contribution >= 4 is 15.9 Å². The molecule has 1 heterocycles. The predicted molar refractivity (Wildman–Crippen MR) is 83.4 cm³/mol. The summed E-state index contributed by atoms with van der Waals surface area (Å²) >= 11 is 0. The first-order chi connectivity index (χ1) is 9.97. The van der Waals surface area contributed by atoms with Crippen molar-refractivity contribution in [2.45, 2.75) is 51.4 Å². The van der Waals surface area contributed by atoms with E-state index in [0.717, 1.165) is 12.3 Å². The van der Waals surface area contributed by atoms with Crippen LogP contribution in [0, 0.1) is 5.92 Å². The van der Waals surface area contributed by atoms with E-state index in [1.54, 1.807) is 0 Å². The fraction of sp³-hybridized carbons (Fsp3) is 0.933. The highest BCUT2D eigenvalue weighted by Crippen LogP contribution is 2.27. The van der Waals surface area contributed by atoms with Crippen LogP contribution < -0.4 is 0 Å². The van der Waals surface area contributed by atoms with Gasteiger partial charge in [0.15, 0.2) is 0 Å². The molecule has 5 nitrogen and oxygen atoms in total. The van der Waals surface area contributed by atoms with Gasteiger partial charge in [-0.2, -0.15) is 4.31 Å². The molecule has 1 saturated heterocycles. The number of carbonyl (C=O) groups is 1. The SMILES string of the molecule is CS(=O)(=O)N1CCN(C(=O)CCCC2CCCCC2)CC1. The molecule has 2 rings (SSSR count). The average Bonchev–Trinajstić information content (AvgIpc) is 2.47. The fourth-order valence-electron chi connectivity index (χ4n) is 3.45. The van der Waals surface area contributed by atoms with Crippen LogP contribution in [0.5, 0.6) is 0 Å². The Morgan fingerprint density at radius 1 is 1.05 bits per heavy atom. The second-order valence-corrected chi connectivity index (χ2v) is 8.42. The fourth-order valence-corrected chi connectivity index (χ4v) is 4.27. The van der Waals surface area contributed by atoms with Gasteiger partial charge in [0.25, 0.3) is 0 Å². The number of sulfonamides is 1. The first-order valence-electron chi connectivity index (χ1n) is 8.20. The van der Waals surface area contributed by atoms with Crippen LogP contribution in [0.1, 0.15) is 51.4 Å². The van der Waals surface area contributed by atoms with Gasteiger partial charge >= 0.3 is 0 Å². The third-order valence-electron chi connectivity index (χ3n) is 4.79. The van der Waals surface area contributed by atoms with E-state index < -0.39 is 10.0 Å². The average molecular weight is 316 g/mol. The number of hydrogen-bond donors (Lipinski definition) is 0. The zero-order chi connectivity index (χ0) is 15.3. The van der Waals surface area contributed by atoms with E-state index in [9.17, 15) is 13.2 Å². The van der Waals surface area contributed by atoms with E-state index in [2.05, 4.69) is 0 Å². The standard InChI is InChI=1S/C15H28N2O3S/c1-21(19,20)17-12-10-16(11-13-17)15(18)9-5-8-14-6-3-2-4-7-14/h14H,2-13H2,1H3. The van der Waals surface area contributed by atoms with E-state index in [1.165, 1.54) is 49.1 Å². The molecule has 6 heteroatoms. The largest absolute Gasteiger partial charge is 0.340 e. The summed E-state index contributed by atoms with van der Waals surface area (Å²) in [4.78, 5) is 14.0. The molecule has 1 aliphatic carbocycles. The quantitative estimate of drug-likeness (QED) is 0.777. The molecular weight excluding hydrogens is 288 g/mol. The van der Waals surface area contributed by atoms with Crippen molar-refractivity contribution in [3.63, 3.8) is 0 Å². The van der Waals surface area contributed by atoms with Crippen molar-refractivity contribution in [3.8, 4) is 0 Å². The van der Waals surface area contributed by atoms with Gasteiger partial charge in [-0.25, -0.2) is 8.42 Å². The molecule has 2 fully saturated rings. The van der Waals surface area contributed by atoms with Gasteiger partial charge in [0.05, 0.1) is 6.26 Å². The molecular formula is C15H28N2O3S. The van der Waals surface area contributed by atoms with Crippen molar-refractivity contribution in [3.05, 3.63) is 0 Å². The van der Waals surface area contributed by atoms with Crippen LogP contribution in [0.3, 0.4) is 0 Å². The maximum Gasteiger partial charge on any atom is 0.222 e. The van der Waals surface area contributed by atoms with Crippen LogP contribution in [0.2, 0.25) is 0 Å². The Kier molecular flexibility index (Phi) is 6.05. The Morgan fingerprint density at radius 2 is 1.67 bits per heavy atom. The lowest BCUT2D eigenvalue weighted by atomic mass is 9.86. The van der Waals surface area contributed by atoms with Crippen LogP contribution in [-0.4, -0.2) is 56.0 Å². The molecule has 0 aromatic carbocycles. The topological polar surface area (TPSA) is 57.7 Å². The molecule has 21 heavy (non-hydrogen) atoms. The molecule has 122 valence electrons. The summed E-state index contributed by atoms with van der Waals surface area (Å²) in [6.07, 6.45) is 10.8. The van der Waals surface area contributed by atoms with Gasteiger partial charge in [-0.15, -0.1) is 0 Å². The highest BCUT2D eigenvalue weighted by Gasteiger charge is 2.25. The number of rotatable bonds is 5. The second-order valence-electron chi connectivity index (χ2n) is 6.44. The maximum atomic E-state index is 12.2. The summed E-state index contributed by atoms with van der Waals surface area (Å²) in [6.45, 7) is 1.95. The highest BCUT2D eigenvalue weighted by molar-refractivity contribution is 7.88. The summed E-state index contributed by atoms with van der Waals surface area (Å²) in [5.74, 6) is 1.02. The van der Waals surface area contributed by atoms with Gasteiger partial charge in [0.1, 0.15) is 0 Å². The van der Waals surface area contributed by atoms with Crippen LogP contribution in [0.25, 0.3) is 0 Å². The summed E-state index contributed by atoms with van der Waals surface area (Å²) < 4.78 is 24.3. The molecule has 1 amide bonds. The molecule has 0 bridgehead atoms. The number of amides is 1. The number of nitrogens with zero attached hydrogens (tertiary/aromatic N) is 2. The molecule has 0 aromatic rings. The van der Waals surface area contributed by atoms with E-state index >= 15 is 0 Å². The monoisotopic (exact) mass is 316 g/mol. The van der Waals surface area contributed by atoms with Crippen molar-refractivity contribution < 1.29 is 13.2 Å². The van der Waals surface area contributed by atoms with E-state index in [-0.39, 0.29) is 5.91 Å². The Bertz CT molecular complexity index is 436. The molecule has 0 aromatic heterocycles. The second kappa shape index (κ2) is 7.58. The van der Waals surface area contributed by atoms with Crippen molar-refractivity contribution in [1.82, 2.24) is 9.21 Å². The summed E-state index contributed by atoms with van der Waals surface area (Å²) in [5, 5.41) is 0. The predicted octanol–water partition coefficient (Wildman–Crippen LogP) is 1.84. The van der Waals surface area contributed by atoms with E-state index in [4.69, 9.17) is 0 Å². The van der Waals surface area contributed by atoms with Gasteiger partial charge in [-0.05, 0) is 18.8 Å². The van der Waals surface area contributed by atoms with Gasteiger partial charge < -0.3 is 4.90 Å². The zero-order valence-electron chi connectivity index (χ0n) is 13.1. The van der Waals surface area contributed by atoms with Crippen LogP contribution >= 0.6 is 0 Å². The van der Waals surface area contributed by atoms with Gasteiger partial charge in [-0.3, -0.25) is 4.79 Å². The molecule has 0 spiro atoms. The minimum absolute atomic E-state index is 0.193. The minimum atomic E-state index is -3.11. The third kappa shape index (κ3) is 5.25. The Balaban J connectivity index is 1.65. The normalized spacial score (nSPS) is 22.4. The first kappa shape index (κ1) is 16.7. The van der Waals surface area contributed by atoms with Crippen molar-refractivity contribution in [2.75, 3.05) is 32.4 Å². The van der Waals surface area contributed by atoms with Crippen molar-refractivity contribution in [1.29, 1.82) is 0 Å². The van der Waals surface area contributed by atoms with Crippen LogP contribution in [0.4, 0.5) is 0 Å². The molecule has 0 unspecified atom stereocenters. The molecule has 1 aliphatic heterocycles. The maximum absolute atomic E-state index is 12.2. The van der Waals surface area contributed by atoms with Crippen LogP contribution in [-0.2, 0) is 14.8 Å². The van der Waals surface area contributed by atoms with Crippen molar-refractivity contribution in [2.24, 2.45) is 5.92 Å². The smallest absolute Gasteiger partial charge is 0.222 e. The Labute approximate surface area is 128 Å². The number of piperazine rings is 1. The lowest BCUT2D eigenvalue weighted by Crippen LogP contribution is -2.50. The summed E-state index contributed by atoms with van der Waals surface area (Å²) in [6, 6.07) is 0. The van der Waals surface area contributed by atoms with E-state index in [0.29, 0.717) is 32.6 Å². The number of hydrogen-bond acceptors (Lipinski definition) is 3. The lowest BCUT2D eigenvalue weighted by molar-refractivity contribution is -0.132. The number of carbonyl (C=O) groups excluding carboxylic acids is 1. The molecule has 0 radical (unpaired) electrons. The van der Waals surface area contributed by atoms with Gasteiger partial charge in [-0.1, -0.05) is 32.1 Å². The third-order valence-corrected chi connectivity index (χ3v) is 6.09. The van der Waals surface area contributed by atoms with Gasteiger partial charge in [0, 0.05) is 32.6 Å². The minimum Gasteiger partial charge on any atom is -0.340 e. The van der Waals surface area contributed by atoms with Crippen LogP contribution in [0.15, 0.2) is 0 Å².